The quantitative estimate of drug-likeness (QED) is 0.455. The Labute approximate surface area is 183 Å². The summed E-state index contributed by atoms with van der Waals surface area (Å²) in [5.74, 6) is 0.557. The predicted octanol–water partition coefficient (Wildman–Crippen LogP) is 3.47. The van der Waals surface area contributed by atoms with Gasteiger partial charge < -0.3 is 10.1 Å². The lowest BCUT2D eigenvalue weighted by Gasteiger charge is -2.10. The smallest absolute Gasteiger partial charge is 0.255 e. The third-order valence-corrected chi connectivity index (χ3v) is 4.66. The minimum Gasteiger partial charge on any atom is -0.486 e. The number of carbonyl (C=O) groups excluding carboxylic acids is 1. The molecule has 0 fully saturated rings. The van der Waals surface area contributed by atoms with Crippen LogP contribution in [-0.4, -0.2) is 35.9 Å². The van der Waals surface area contributed by atoms with Crippen LogP contribution in [0.5, 0.6) is 5.75 Å². The molecule has 0 saturated heterocycles. The first-order valence-electron chi connectivity index (χ1n) is 10.1. The summed E-state index contributed by atoms with van der Waals surface area (Å²) in [5, 5.41) is 18.6. The average molecular weight is 435 g/mol. The number of hydrogen-bond donors (Lipinski definition) is 1. The summed E-state index contributed by atoms with van der Waals surface area (Å²) in [6.45, 7) is 4.61. The number of nitrogens with one attached hydrogen (secondary N) is 1. The Morgan fingerprint density at radius 3 is 2.78 bits per heavy atom. The molecule has 1 amide bonds. The number of nitrogens with zero attached hydrogens (tertiary/aromatic N) is 6. The maximum absolute atomic E-state index is 13.0. The van der Waals surface area contributed by atoms with Crippen LogP contribution >= 0.6 is 0 Å². The summed E-state index contributed by atoms with van der Waals surface area (Å²) in [6.07, 6.45) is 3.28. The van der Waals surface area contributed by atoms with Crippen LogP contribution in [0, 0.1) is 5.82 Å². The van der Waals surface area contributed by atoms with Crippen molar-refractivity contribution in [1.82, 2.24) is 30.0 Å². The van der Waals surface area contributed by atoms with Crippen LogP contribution in [0.3, 0.4) is 0 Å². The zero-order chi connectivity index (χ0) is 22.5. The fourth-order valence-corrected chi connectivity index (χ4v) is 3.08. The largest absolute Gasteiger partial charge is 0.486 e. The summed E-state index contributed by atoms with van der Waals surface area (Å²) in [4.78, 5) is 12.7. The van der Waals surface area contributed by atoms with Crippen LogP contribution in [0.1, 0.15) is 41.6 Å². The van der Waals surface area contributed by atoms with Gasteiger partial charge in [0, 0.05) is 11.8 Å². The van der Waals surface area contributed by atoms with Gasteiger partial charge in [0.05, 0.1) is 24.5 Å². The molecule has 0 atom stereocenters. The lowest BCUT2D eigenvalue weighted by atomic mass is 10.2. The molecule has 0 bridgehead atoms. The SMILES string of the molecule is CC(C)n1nnnc1COc1cccc(C(=O)Nc2cnn(Cc3ccc(F)cc3)c2)c1. The molecule has 32 heavy (non-hydrogen) atoms. The number of hydrogen-bond acceptors (Lipinski definition) is 6. The molecule has 0 aliphatic heterocycles. The summed E-state index contributed by atoms with van der Waals surface area (Å²) in [6, 6.07) is 13.2. The van der Waals surface area contributed by atoms with Gasteiger partial charge in [-0.25, -0.2) is 9.07 Å². The van der Waals surface area contributed by atoms with E-state index in [4.69, 9.17) is 4.74 Å². The molecular weight excluding hydrogens is 413 g/mol. The first-order chi connectivity index (χ1) is 15.5. The van der Waals surface area contributed by atoms with E-state index in [2.05, 4.69) is 25.9 Å². The standard InChI is InChI=1S/C22H22FN7O2/c1-15(2)30-21(26-27-28-30)14-32-20-5-3-4-17(10-20)22(31)25-19-11-24-29(13-19)12-16-6-8-18(23)9-7-16/h3-11,13,15H,12,14H2,1-2H3,(H,25,31). The summed E-state index contributed by atoms with van der Waals surface area (Å²) in [7, 11) is 0. The third kappa shape index (κ3) is 5.15. The van der Waals surface area contributed by atoms with Crippen molar-refractivity contribution in [1.29, 1.82) is 0 Å². The van der Waals surface area contributed by atoms with Gasteiger partial charge in [-0.2, -0.15) is 5.10 Å². The van der Waals surface area contributed by atoms with E-state index in [0.717, 1.165) is 5.56 Å². The Kier molecular flexibility index (Phi) is 6.20. The molecule has 164 valence electrons. The van der Waals surface area contributed by atoms with Gasteiger partial charge in [0.1, 0.15) is 18.2 Å². The molecule has 2 aromatic heterocycles. The van der Waals surface area contributed by atoms with Crippen LogP contribution in [-0.2, 0) is 13.2 Å². The van der Waals surface area contributed by atoms with E-state index in [1.807, 2.05) is 13.8 Å². The lowest BCUT2D eigenvalue weighted by molar-refractivity contribution is 0.102. The Bertz CT molecular complexity index is 1200. The predicted molar refractivity (Wildman–Crippen MR) is 115 cm³/mol. The minimum absolute atomic E-state index is 0.115. The van der Waals surface area contributed by atoms with Crippen molar-refractivity contribution in [2.45, 2.75) is 33.0 Å². The Morgan fingerprint density at radius 1 is 1.19 bits per heavy atom. The Morgan fingerprint density at radius 2 is 2.00 bits per heavy atom. The number of benzene rings is 2. The van der Waals surface area contributed by atoms with E-state index in [1.54, 1.807) is 58.2 Å². The van der Waals surface area contributed by atoms with Crippen molar-refractivity contribution in [3.8, 4) is 5.75 Å². The molecule has 10 heteroatoms. The number of halogens is 1. The normalized spacial score (nSPS) is 11.0. The number of ether oxygens (including phenoxy) is 1. The zero-order valence-corrected chi connectivity index (χ0v) is 17.6. The topological polar surface area (TPSA) is 99.8 Å². The van der Waals surface area contributed by atoms with Gasteiger partial charge in [-0.3, -0.25) is 9.48 Å². The maximum atomic E-state index is 13.0. The van der Waals surface area contributed by atoms with Crippen molar-refractivity contribution < 1.29 is 13.9 Å². The van der Waals surface area contributed by atoms with Crippen molar-refractivity contribution in [3.05, 3.63) is 83.7 Å². The first kappa shape index (κ1) is 21.2. The Hall–Kier alpha value is -4.08. The Balaban J connectivity index is 1.37. The van der Waals surface area contributed by atoms with Crippen molar-refractivity contribution in [2.24, 2.45) is 0 Å². The van der Waals surface area contributed by atoms with Crippen molar-refractivity contribution >= 4 is 11.6 Å². The molecule has 4 rings (SSSR count). The molecule has 2 aromatic carbocycles. The van der Waals surface area contributed by atoms with Gasteiger partial charge in [0.2, 0.25) is 0 Å². The molecule has 0 unspecified atom stereocenters. The number of rotatable bonds is 8. The van der Waals surface area contributed by atoms with E-state index in [1.165, 1.54) is 12.1 Å². The number of amides is 1. The molecule has 9 nitrogen and oxygen atoms in total. The van der Waals surface area contributed by atoms with E-state index >= 15 is 0 Å². The van der Waals surface area contributed by atoms with Gasteiger partial charge in [0.15, 0.2) is 5.82 Å². The third-order valence-electron chi connectivity index (χ3n) is 4.66. The van der Waals surface area contributed by atoms with E-state index in [-0.39, 0.29) is 24.4 Å². The molecule has 0 aliphatic rings. The van der Waals surface area contributed by atoms with Crippen LogP contribution in [0.15, 0.2) is 60.9 Å². The highest BCUT2D eigenvalue weighted by molar-refractivity contribution is 6.04. The molecular formula is C22H22FN7O2. The first-order valence-corrected chi connectivity index (χ1v) is 10.1. The van der Waals surface area contributed by atoms with Gasteiger partial charge in [-0.1, -0.05) is 18.2 Å². The highest BCUT2D eigenvalue weighted by Gasteiger charge is 2.12. The van der Waals surface area contributed by atoms with E-state index in [9.17, 15) is 9.18 Å². The second kappa shape index (κ2) is 9.38. The minimum atomic E-state index is -0.288. The second-order valence-electron chi connectivity index (χ2n) is 7.46. The number of anilines is 1. The highest BCUT2D eigenvalue weighted by atomic mass is 19.1. The average Bonchev–Trinajstić information content (AvgIpc) is 3.43. The van der Waals surface area contributed by atoms with Crippen molar-refractivity contribution in [3.63, 3.8) is 0 Å². The van der Waals surface area contributed by atoms with Crippen LogP contribution in [0.2, 0.25) is 0 Å². The van der Waals surface area contributed by atoms with Gasteiger partial charge in [-0.05, 0) is 60.2 Å². The fourth-order valence-electron chi connectivity index (χ4n) is 3.08. The number of aromatic nitrogens is 6. The molecule has 0 spiro atoms. The molecule has 0 radical (unpaired) electrons. The van der Waals surface area contributed by atoms with E-state index < -0.39 is 0 Å². The second-order valence-corrected chi connectivity index (χ2v) is 7.46. The van der Waals surface area contributed by atoms with Gasteiger partial charge in [-0.15, -0.1) is 5.10 Å². The molecule has 2 heterocycles. The van der Waals surface area contributed by atoms with Gasteiger partial charge >= 0.3 is 0 Å². The van der Waals surface area contributed by atoms with Crippen molar-refractivity contribution in [2.75, 3.05) is 5.32 Å². The maximum Gasteiger partial charge on any atom is 0.255 e. The molecule has 0 saturated carbocycles. The highest BCUT2D eigenvalue weighted by Crippen LogP contribution is 2.17. The van der Waals surface area contributed by atoms with Crippen LogP contribution in [0.4, 0.5) is 10.1 Å². The molecule has 4 aromatic rings. The summed E-state index contributed by atoms with van der Waals surface area (Å²) < 4.78 is 22.2. The van der Waals surface area contributed by atoms with Crippen LogP contribution < -0.4 is 10.1 Å². The number of carbonyl (C=O) groups is 1. The van der Waals surface area contributed by atoms with Crippen LogP contribution in [0.25, 0.3) is 0 Å². The summed E-state index contributed by atoms with van der Waals surface area (Å²) in [5.41, 5.74) is 1.90. The fraction of sp³-hybridized carbons (Fsp3) is 0.227. The zero-order valence-electron chi connectivity index (χ0n) is 17.6. The monoisotopic (exact) mass is 435 g/mol. The number of tetrazole rings is 1. The summed E-state index contributed by atoms with van der Waals surface area (Å²) >= 11 is 0. The van der Waals surface area contributed by atoms with Gasteiger partial charge in [0.25, 0.3) is 5.91 Å². The molecule has 0 aliphatic carbocycles. The van der Waals surface area contributed by atoms with E-state index in [0.29, 0.717) is 29.4 Å². The molecule has 1 N–H and O–H groups in total. The lowest BCUT2D eigenvalue weighted by Crippen LogP contribution is -2.12.